The highest BCUT2D eigenvalue weighted by atomic mass is 35.5. The van der Waals surface area contributed by atoms with E-state index in [9.17, 15) is 4.79 Å². The van der Waals surface area contributed by atoms with Gasteiger partial charge >= 0.3 is 0 Å². The van der Waals surface area contributed by atoms with E-state index in [1.54, 1.807) is 7.11 Å². The van der Waals surface area contributed by atoms with Crippen molar-refractivity contribution in [2.75, 3.05) is 47.1 Å². The molecule has 0 spiro atoms. The average molecular weight is 255 g/mol. The molecule has 0 saturated carbocycles. The maximum atomic E-state index is 11.1. The molecule has 5 nitrogen and oxygen atoms in total. The quantitative estimate of drug-likeness (QED) is 0.547. The van der Waals surface area contributed by atoms with Gasteiger partial charge in [-0.2, -0.15) is 0 Å². The Bertz CT molecular complexity index is 159. The molecule has 2 N–H and O–H groups in total. The second-order valence-corrected chi connectivity index (χ2v) is 3.16. The zero-order valence-corrected chi connectivity index (χ0v) is 10.9. The number of rotatable bonds is 10. The van der Waals surface area contributed by atoms with E-state index in [4.69, 9.17) is 9.47 Å². The molecule has 0 saturated heterocycles. The summed E-state index contributed by atoms with van der Waals surface area (Å²) in [6, 6.07) is 0. The molecule has 0 aliphatic rings. The Morgan fingerprint density at radius 3 is 2.56 bits per heavy atom. The first-order valence-corrected chi connectivity index (χ1v) is 5.29. The van der Waals surface area contributed by atoms with Gasteiger partial charge in [-0.1, -0.05) is 0 Å². The first kappa shape index (κ1) is 18.0. The number of amides is 1. The highest BCUT2D eigenvalue weighted by Crippen LogP contribution is 1.83. The van der Waals surface area contributed by atoms with Crippen LogP contribution in [0.15, 0.2) is 0 Å². The first-order valence-electron chi connectivity index (χ1n) is 5.29. The highest BCUT2D eigenvalue weighted by Gasteiger charge is 1.98. The van der Waals surface area contributed by atoms with Gasteiger partial charge in [-0.15, -0.1) is 12.4 Å². The second-order valence-electron chi connectivity index (χ2n) is 3.16. The summed E-state index contributed by atoms with van der Waals surface area (Å²) in [4.78, 5) is 11.1. The third-order valence-electron chi connectivity index (χ3n) is 1.82. The van der Waals surface area contributed by atoms with E-state index < -0.39 is 0 Å². The van der Waals surface area contributed by atoms with Crippen LogP contribution in [0.5, 0.6) is 0 Å². The van der Waals surface area contributed by atoms with E-state index in [1.165, 1.54) is 0 Å². The van der Waals surface area contributed by atoms with E-state index in [0.29, 0.717) is 32.8 Å². The Kier molecular flexibility index (Phi) is 16.5. The Morgan fingerprint density at radius 2 is 1.94 bits per heavy atom. The molecule has 0 aromatic rings. The standard InChI is InChI=1S/C10H22N2O3.ClH/c1-11-6-4-10(13)12-5-3-7-15-9-8-14-2;/h11H,3-9H2,1-2H3,(H,12,13);1H. The molecule has 1 amide bonds. The number of hydrogen-bond acceptors (Lipinski definition) is 4. The van der Waals surface area contributed by atoms with Crippen LogP contribution in [0.2, 0.25) is 0 Å². The number of halogens is 1. The van der Waals surface area contributed by atoms with Crippen molar-refractivity contribution in [3.05, 3.63) is 0 Å². The Balaban J connectivity index is 0. The minimum absolute atomic E-state index is 0. The van der Waals surface area contributed by atoms with Gasteiger partial charge in [0.15, 0.2) is 0 Å². The molecular formula is C10H23ClN2O3. The summed E-state index contributed by atoms with van der Waals surface area (Å²) >= 11 is 0. The lowest BCUT2D eigenvalue weighted by molar-refractivity contribution is -0.121. The molecule has 0 unspecified atom stereocenters. The van der Waals surface area contributed by atoms with E-state index in [2.05, 4.69) is 10.6 Å². The van der Waals surface area contributed by atoms with Crippen LogP contribution in [0.1, 0.15) is 12.8 Å². The number of methoxy groups -OCH3 is 1. The summed E-state index contributed by atoms with van der Waals surface area (Å²) in [5.41, 5.74) is 0. The summed E-state index contributed by atoms with van der Waals surface area (Å²) in [6.07, 6.45) is 1.37. The second kappa shape index (κ2) is 14.6. The van der Waals surface area contributed by atoms with Crippen LogP contribution in [-0.4, -0.2) is 53.0 Å². The maximum Gasteiger partial charge on any atom is 0.221 e. The van der Waals surface area contributed by atoms with Crippen molar-refractivity contribution in [1.82, 2.24) is 10.6 Å². The van der Waals surface area contributed by atoms with E-state index in [1.807, 2.05) is 7.05 Å². The number of carbonyl (C=O) groups is 1. The third kappa shape index (κ3) is 13.6. The van der Waals surface area contributed by atoms with Crippen LogP contribution in [0.4, 0.5) is 0 Å². The Hall–Kier alpha value is -0.360. The van der Waals surface area contributed by atoms with Gasteiger partial charge < -0.3 is 20.1 Å². The lowest BCUT2D eigenvalue weighted by atomic mass is 10.3. The molecule has 0 radical (unpaired) electrons. The fourth-order valence-electron chi connectivity index (χ4n) is 0.973. The van der Waals surface area contributed by atoms with Crippen LogP contribution in [0, 0.1) is 0 Å². The van der Waals surface area contributed by atoms with Crippen molar-refractivity contribution in [1.29, 1.82) is 0 Å². The number of hydrogen-bond donors (Lipinski definition) is 2. The van der Waals surface area contributed by atoms with Crippen molar-refractivity contribution >= 4 is 18.3 Å². The maximum absolute atomic E-state index is 11.1. The van der Waals surface area contributed by atoms with Gasteiger partial charge in [0.2, 0.25) is 5.91 Å². The van der Waals surface area contributed by atoms with Gasteiger partial charge in [0, 0.05) is 33.2 Å². The van der Waals surface area contributed by atoms with Gasteiger partial charge in [-0.3, -0.25) is 4.79 Å². The predicted octanol–water partition coefficient (Wildman–Crippen LogP) is 0.187. The minimum atomic E-state index is 0. The van der Waals surface area contributed by atoms with E-state index in [-0.39, 0.29) is 18.3 Å². The van der Waals surface area contributed by atoms with Gasteiger partial charge in [0.1, 0.15) is 0 Å². The molecule has 98 valence electrons. The summed E-state index contributed by atoms with van der Waals surface area (Å²) in [6.45, 7) is 3.29. The summed E-state index contributed by atoms with van der Waals surface area (Å²) < 4.78 is 10.1. The van der Waals surface area contributed by atoms with Crippen LogP contribution in [-0.2, 0) is 14.3 Å². The molecule has 0 aromatic heterocycles. The predicted molar refractivity (Wildman–Crippen MR) is 66.1 cm³/mol. The molecule has 0 rings (SSSR count). The largest absolute Gasteiger partial charge is 0.382 e. The normalized spacial score (nSPS) is 9.62. The smallest absolute Gasteiger partial charge is 0.221 e. The lowest BCUT2D eigenvalue weighted by Crippen LogP contribution is -2.28. The van der Waals surface area contributed by atoms with E-state index >= 15 is 0 Å². The van der Waals surface area contributed by atoms with Crippen molar-refractivity contribution in [2.24, 2.45) is 0 Å². The highest BCUT2D eigenvalue weighted by molar-refractivity contribution is 5.85. The number of carbonyl (C=O) groups excluding carboxylic acids is 1. The third-order valence-corrected chi connectivity index (χ3v) is 1.82. The molecule has 0 aliphatic heterocycles. The van der Waals surface area contributed by atoms with Crippen LogP contribution >= 0.6 is 12.4 Å². The SMILES string of the molecule is CNCCC(=O)NCCCOCCOC.Cl. The molecule has 0 bridgehead atoms. The summed E-state index contributed by atoms with van der Waals surface area (Å²) in [5, 5.41) is 5.74. The molecule has 0 atom stereocenters. The van der Waals surface area contributed by atoms with Crippen molar-refractivity contribution in [2.45, 2.75) is 12.8 Å². The fraction of sp³-hybridized carbons (Fsp3) is 0.900. The molecule has 0 heterocycles. The molecule has 0 fully saturated rings. The van der Waals surface area contributed by atoms with Gasteiger partial charge in [0.25, 0.3) is 0 Å². The van der Waals surface area contributed by atoms with Crippen molar-refractivity contribution in [3.63, 3.8) is 0 Å². The zero-order valence-electron chi connectivity index (χ0n) is 10.1. The van der Waals surface area contributed by atoms with Crippen molar-refractivity contribution < 1.29 is 14.3 Å². The molecule has 0 aliphatic carbocycles. The van der Waals surface area contributed by atoms with Gasteiger partial charge in [0.05, 0.1) is 13.2 Å². The number of nitrogens with one attached hydrogen (secondary N) is 2. The lowest BCUT2D eigenvalue weighted by Gasteiger charge is -2.05. The molecule has 6 heteroatoms. The fourth-order valence-corrected chi connectivity index (χ4v) is 0.973. The van der Waals surface area contributed by atoms with Crippen molar-refractivity contribution in [3.8, 4) is 0 Å². The van der Waals surface area contributed by atoms with Crippen LogP contribution in [0.3, 0.4) is 0 Å². The average Bonchev–Trinajstić information content (AvgIpc) is 2.25. The summed E-state index contributed by atoms with van der Waals surface area (Å²) in [5.74, 6) is 0.0845. The van der Waals surface area contributed by atoms with Crippen LogP contribution in [0.25, 0.3) is 0 Å². The minimum Gasteiger partial charge on any atom is -0.382 e. The monoisotopic (exact) mass is 254 g/mol. The number of ether oxygens (including phenoxy) is 2. The van der Waals surface area contributed by atoms with Gasteiger partial charge in [-0.05, 0) is 13.5 Å². The Morgan fingerprint density at radius 1 is 1.19 bits per heavy atom. The zero-order chi connectivity index (χ0) is 11.4. The Labute approximate surface area is 104 Å². The molecule has 0 aromatic carbocycles. The topological polar surface area (TPSA) is 59.6 Å². The van der Waals surface area contributed by atoms with Crippen LogP contribution < -0.4 is 10.6 Å². The molecular weight excluding hydrogens is 232 g/mol. The van der Waals surface area contributed by atoms with Gasteiger partial charge in [-0.25, -0.2) is 0 Å². The van der Waals surface area contributed by atoms with E-state index in [0.717, 1.165) is 13.0 Å². The first-order chi connectivity index (χ1) is 7.31. The summed E-state index contributed by atoms with van der Waals surface area (Å²) in [7, 11) is 3.47. The molecule has 16 heavy (non-hydrogen) atoms.